The molecule has 3 aromatic rings. The van der Waals surface area contributed by atoms with Gasteiger partial charge in [0.2, 0.25) is 0 Å². The Balaban J connectivity index is 1.84. The van der Waals surface area contributed by atoms with E-state index in [0.29, 0.717) is 17.0 Å². The highest BCUT2D eigenvalue weighted by molar-refractivity contribution is 6.37. The first-order chi connectivity index (χ1) is 13.1. The molecule has 132 valence electrons. The predicted octanol–water partition coefficient (Wildman–Crippen LogP) is 4.53. The van der Waals surface area contributed by atoms with Crippen LogP contribution in [0.5, 0.6) is 0 Å². The van der Waals surface area contributed by atoms with Crippen LogP contribution in [-0.4, -0.2) is 10.8 Å². The van der Waals surface area contributed by atoms with Crippen LogP contribution in [0.2, 0.25) is 0 Å². The average molecular weight is 357 g/mol. The molecule has 1 aliphatic rings. The van der Waals surface area contributed by atoms with Gasteiger partial charge in [-0.3, -0.25) is 14.9 Å². The molecule has 1 amide bonds. The van der Waals surface area contributed by atoms with Gasteiger partial charge in [-0.15, -0.1) is 0 Å². The van der Waals surface area contributed by atoms with Gasteiger partial charge in [-0.1, -0.05) is 48.5 Å². The molecule has 1 heterocycles. The standard InChI is InChI=1S/C21H15N3O3/c25-21-19(17-8-4-5-9-18(17)23-21)20(14-6-2-1-3-7-14)22-15-10-12-16(13-11-15)24(26)27/h1-13,22H,(H,23,25)/b20-19-. The highest BCUT2D eigenvalue weighted by Crippen LogP contribution is 2.37. The Hall–Kier alpha value is -3.93. The summed E-state index contributed by atoms with van der Waals surface area (Å²) in [7, 11) is 0. The topological polar surface area (TPSA) is 84.3 Å². The quantitative estimate of drug-likeness (QED) is 0.408. The van der Waals surface area contributed by atoms with E-state index in [-0.39, 0.29) is 11.6 Å². The fraction of sp³-hybridized carbons (Fsp3) is 0. The molecule has 4 rings (SSSR count). The van der Waals surface area contributed by atoms with Crippen molar-refractivity contribution in [3.05, 3.63) is 100 Å². The zero-order chi connectivity index (χ0) is 18.8. The summed E-state index contributed by atoms with van der Waals surface area (Å²) in [5.41, 5.74) is 4.27. The van der Waals surface area contributed by atoms with E-state index < -0.39 is 4.92 Å². The van der Waals surface area contributed by atoms with Crippen LogP contribution in [0.3, 0.4) is 0 Å². The van der Waals surface area contributed by atoms with E-state index >= 15 is 0 Å². The summed E-state index contributed by atoms with van der Waals surface area (Å²) in [4.78, 5) is 23.1. The van der Waals surface area contributed by atoms with Gasteiger partial charge < -0.3 is 10.6 Å². The maximum Gasteiger partial charge on any atom is 0.269 e. The normalized spacial score (nSPS) is 14.3. The Bertz CT molecular complexity index is 1060. The second-order valence-electron chi connectivity index (χ2n) is 6.04. The number of nitrogens with one attached hydrogen (secondary N) is 2. The molecule has 0 saturated carbocycles. The van der Waals surface area contributed by atoms with Crippen molar-refractivity contribution in [3.8, 4) is 0 Å². The van der Waals surface area contributed by atoms with E-state index in [4.69, 9.17) is 0 Å². The average Bonchev–Trinajstić information content (AvgIpc) is 3.03. The largest absolute Gasteiger partial charge is 0.354 e. The molecule has 0 saturated heterocycles. The van der Waals surface area contributed by atoms with Crippen LogP contribution in [0.15, 0.2) is 78.9 Å². The first-order valence-electron chi connectivity index (χ1n) is 8.35. The molecule has 1 aliphatic heterocycles. The number of nitro groups is 1. The van der Waals surface area contributed by atoms with Gasteiger partial charge in [0.05, 0.1) is 16.2 Å². The molecule has 3 aromatic carbocycles. The van der Waals surface area contributed by atoms with Crippen molar-refractivity contribution in [2.45, 2.75) is 0 Å². The SMILES string of the molecule is O=C1Nc2ccccc2/C1=C(/Nc1ccc([N+](=O)[O-])cc1)c1ccccc1. The first-order valence-corrected chi connectivity index (χ1v) is 8.35. The van der Waals surface area contributed by atoms with Crippen molar-refractivity contribution in [3.63, 3.8) is 0 Å². The minimum Gasteiger partial charge on any atom is -0.354 e. The molecular formula is C21H15N3O3. The van der Waals surface area contributed by atoms with Gasteiger partial charge in [0.1, 0.15) is 0 Å². The molecule has 6 nitrogen and oxygen atoms in total. The summed E-state index contributed by atoms with van der Waals surface area (Å²) in [6.07, 6.45) is 0. The van der Waals surface area contributed by atoms with Crippen LogP contribution in [0.4, 0.5) is 17.1 Å². The number of rotatable bonds is 4. The van der Waals surface area contributed by atoms with Crippen molar-refractivity contribution >= 4 is 34.2 Å². The van der Waals surface area contributed by atoms with Gasteiger partial charge in [-0.05, 0) is 23.8 Å². The Morgan fingerprint density at radius 1 is 0.889 bits per heavy atom. The molecule has 0 atom stereocenters. The van der Waals surface area contributed by atoms with Crippen LogP contribution in [-0.2, 0) is 4.79 Å². The molecule has 6 heteroatoms. The fourth-order valence-electron chi connectivity index (χ4n) is 3.06. The number of non-ortho nitro benzene ring substituents is 1. The van der Waals surface area contributed by atoms with Gasteiger partial charge in [-0.2, -0.15) is 0 Å². The van der Waals surface area contributed by atoms with E-state index in [2.05, 4.69) is 10.6 Å². The van der Waals surface area contributed by atoms with E-state index in [1.165, 1.54) is 12.1 Å². The fourth-order valence-corrected chi connectivity index (χ4v) is 3.06. The highest BCUT2D eigenvalue weighted by atomic mass is 16.6. The molecular weight excluding hydrogens is 342 g/mol. The summed E-state index contributed by atoms with van der Waals surface area (Å²) in [5.74, 6) is -0.190. The second-order valence-corrected chi connectivity index (χ2v) is 6.04. The zero-order valence-corrected chi connectivity index (χ0v) is 14.2. The van der Waals surface area contributed by atoms with Crippen molar-refractivity contribution in [2.24, 2.45) is 0 Å². The summed E-state index contributed by atoms with van der Waals surface area (Å²) >= 11 is 0. The molecule has 0 radical (unpaired) electrons. The second kappa shape index (κ2) is 6.76. The Morgan fingerprint density at radius 2 is 1.56 bits per heavy atom. The van der Waals surface area contributed by atoms with Crippen LogP contribution < -0.4 is 10.6 Å². The number of nitrogens with zero attached hydrogens (tertiary/aromatic N) is 1. The molecule has 0 spiro atoms. The Labute approximate surface area is 155 Å². The summed E-state index contributed by atoms with van der Waals surface area (Å²) in [5, 5.41) is 17.0. The lowest BCUT2D eigenvalue weighted by Gasteiger charge is -2.14. The van der Waals surface area contributed by atoms with Gasteiger partial charge >= 0.3 is 0 Å². The lowest BCUT2D eigenvalue weighted by molar-refractivity contribution is -0.384. The molecule has 0 unspecified atom stereocenters. The van der Waals surface area contributed by atoms with E-state index in [1.54, 1.807) is 12.1 Å². The third-order valence-electron chi connectivity index (χ3n) is 4.33. The van der Waals surface area contributed by atoms with Crippen LogP contribution in [0.25, 0.3) is 11.3 Å². The number of fused-ring (bicyclic) bond motifs is 1. The number of carbonyl (C=O) groups excluding carboxylic acids is 1. The smallest absolute Gasteiger partial charge is 0.269 e. The lowest BCUT2D eigenvalue weighted by atomic mass is 10.00. The number of amides is 1. The minimum absolute atomic E-state index is 0.0124. The van der Waals surface area contributed by atoms with Crippen LogP contribution in [0, 0.1) is 10.1 Å². The number of nitro benzene ring substituents is 1. The third-order valence-corrected chi connectivity index (χ3v) is 4.33. The third kappa shape index (κ3) is 3.16. The van der Waals surface area contributed by atoms with Crippen LogP contribution in [0.1, 0.15) is 11.1 Å². The van der Waals surface area contributed by atoms with E-state index in [0.717, 1.165) is 16.8 Å². The predicted molar refractivity (Wildman–Crippen MR) is 105 cm³/mol. The minimum atomic E-state index is -0.443. The van der Waals surface area contributed by atoms with Gasteiger partial charge in [0.25, 0.3) is 11.6 Å². The van der Waals surface area contributed by atoms with Crippen LogP contribution >= 0.6 is 0 Å². The highest BCUT2D eigenvalue weighted by Gasteiger charge is 2.28. The van der Waals surface area contributed by atoms with Crippen molar-refractivity contribution in [1.29, 1.82) is 0 Å². The maximum atomic E-state index is 12.7. The van der Waals surface area contributed by atoms with E-state index in [1.807, 2.05) is 54.6 Å². The number of carbonyl (C=O) groups is 1. The van der Waals surface area contributed by atoms with E-state index in [9.17, 15) is 14.9 Å². The Morgan fingerprint density at radius 3 is 2.26 bits per heavy atom. The summed E-state index contributed by atoms with van der Waals surface area (Å²) in [6.45, 7) is 0. The number of hydrogen-bond acceptors (Lipinski definition) is 4. The Kier molecular flexibility index (Phi) is 4.14. The summed E-state index contributed by atoms with van der Waals surface area (Å²) in [6, 6.07) is 23.1. The summed E-state index contributed by atoms with van der Waals surface area (Å²) < 4.78 is 0. The van der Waals surface area contributed by atoms with Gasteiger partial charge in [0.15, 0.2) is 0 Å². The van der Waals surface area contributed by atoms with Crippen molar-refractivity contribution in [1.82, 2.24) is 0 Å². The number of anilines is 2. The lowest BCUT2D eigenvalue weighted by Crippen LogP contribution is -2.10. The number of hydrogen-bond donors (Lipinski definition) is 2. The first kappa shape index (κ1) is 16.5. The number of benzene rings is 3. The van der Waals surface area contributed by atoms with Crippen molar-refractivity contribution < 1.29 is 9.72 Å². The number of para-hydroxylation sites is 1. The van der Waals surface area contributed by atoms with Crippen molar-refractivity contribution in [2.75, 3.05) is 10.6 Å². The van der Waals surface area contributed by atoms with Gasteiger partial charge in [0, 0.05) is 29.1 Å². The molecule has 27 heavy (non-hydrogen) atoms. The molecule has 2 N–H and O–H groups in total. The monoisotopic (exact) mass is 357 g/mol. The molecule has 0 aromatic heterocycles. The molecule has 0 fully saturated rings. The zero-order valence-electron chi connectivity index (χ0n) is 14.2. The maximum absolute atomic E-state index is 12.7. The van der Waals surface area contributed by atoms with Gasteiger partial charge in [-0.25, -0.2) is 0 Å². The molecule has 0 bridgehead atoms. The molecule has 0 aliphatic carbocycles.